The highest BCUT2D eigenvalue weighted by molar-refractivity contribution is 7.89. The van der Waals surface area contributed by atoms with Crippen LogP contribution >= 0.6 is 0 Å². The monoisotopic (exact) mass is 413 g/mol. The van der Waals surface area contributed by atoms with Gasteiger partial charge in [-0.1, -0.05) is 0 Å². The van der Waals surface area contributed by atoms with E-state index in [0.717, 1.165) is 12.5 Å². The van der Waals surface area contributed by atoms with E-state index >= 15 is 0 Å². The molecule has 2 N–H and O–H groups in total. The molecular formula is C17H27N5O5S. The third-order valence-corrected chi connectivity index (χ3v) is 5.88. The number of rotatable bonds is 7. The van der Waals surface area contributed by atoms with Gasteiger partial charge in [0.15, 0.2) is 0 Å². The number of amides is 1. The predicted molar refractivity (Wildman–Crippen MR) is 106 cm³/mol. The van der Waals surface area contributed by atoms with E-state index in [0.29, 0.717) is 31.9 Å². The van der Waals surface area contributed by atoms with Crippen LogP contribution in [0.4, 0.5) is 11.4 Å². The van der Waals surface area contributed by atoms with E-state index < -0.39 is 14.9 Å². The van der Waals surface area contributed by atoms with Gasteiger partial charge in [-0.3, -0.25) is 19.8 Å². The largest absolute Gasteiger partial charge is 0.365 e. The van der Waals surface area contributed by atoms with E-state index in [1.165, 1.54) is 19.2 Å². The molecule has 1 amide bonds. The van der Waals surface area contributed by atoms with Gasteiger partial charge in [0.1, 0.15) is 5.69 Å². The topological polar surface area (TPSA) is 125 Å². The van der Waals surface area contributed by atoms with E-state index in [9.17, 15) is 23.3 Å². The highest BCUT2D eigenvalue weighted by Crippen LogP contribution is 2.31. The first-order valence-electron chi connectivity index (χ1n) is 9.12. The zero-order valence-electron chi connectivity index (χ0n) is 16.3. The number of nitro benzene ring substituents is 1. The molecule has 0 aromatic heterocycles. The van der Waals surface area contributed by atoms with E-state index in [4.69, 9.17) is 0 Å². The molecule has 11 heteroatoms. The molecule has 0 unspecified atom stereocenters. The summed E-state index contributed by atoms with van der Waals surface area (Å²) in [5, 5.41) is 14.4. The maximum absolute atomic E-state index is 12.0. The van der Waals surface area contributed by atoms with Gasteiger partial charge in [-0.25, -0.2) is 13.1 Å². The molecule has 1 aliphatic rings. The van der Waals surface area contributed by atoms with Crippen LogP contribution in [-0.4, -0.2) is 70.0 Å². The molecule has 0 spiro atoms. The standard InChI is InChI=1S/C17H27N5O5S/c1-13(2)19-17(23)12-20-7-4-8-21(10-9-20)15-6-5-14(28(26,27)18-3)11-16(15)22(24)25/h5-6,11,13,18H,4,7-10,12H2,1-3H3,(H,19,23). The van der Waals surface area contributed by atoms with Gasteiger partial charge in [0.25, 0.3) is 5.69 Å². The lowest BCUT2D eigenvalue weighted by Gasteiger charge is -2.23. The minimum absolute atomic E-state index is 0.0453. The first kappa shape index (κ1) is 22.1. The number of carbonyl (C=O) groups excluding carboxylic acids is 1. The molecule has 10 nitrogen and oxygen atoms in total. The van der Waals surface area contributed by atoms with Crippen LogP contribution in [-0.2, 0) is 14.8 Å². The lowest BCUT2D eigenvalue weighted by molar-refractivity contribution is -0.384. The van der Waals surface area contributed by atoms with Crippen molar-refractivity contribution in [1.29, 1.82) is 0 Å². The normalized spacial score (nSPS) is 16.1. The average molecular weight is 414 g/mol. The maximum Gasteiger partial charge on any atom is 0.293 e. The number of hydrogen-bond donors (Lipinski definition) is 2. The van der Waals surface area contributed by atoms with Gasteiger partial charge in [-0.05, 0) is 39.4 Å². The van der Waals surface area contributed by atoms with E-state index in [2.05, 4.69) is 10.0 Å². The summed E-state index contributed by atoms with van der Waals surface area (Å²) in [4.78, 5) is 26.7. The molecule has 1 aliphatic heterocycles. The van der Waals surface area contributed by atoms with Crippen LogP contribution in [0.5, 0.6) is 0 Å². The fourth-order valence-corrected chi connectivity index (χ4v) is 3.89. The molecule has 0 radical (unpaired) electrons. The van der Waals surface area contributed by atoms with Crippen molar-refractivity contribution in [2.45, 2.75) is 31.2 Å². The van der Waals surface area contributed by atoms with Gasteiger partial charge in [0.05, 0.1) is 16.4 Å². The van der Waals surface area contributed by atoms with Crippen LogP contribution in [0.3, 0.4) is 0 Å². The van der Waals surface area contributed by atoms with Crippen molar-refractivity contribution in [1.82, 2.24) is 14.9 Å². The smallest absolute Gasteiger partial charge is 0.293 e. The number of carbonyl (C=O) groups is 1. The van der Waals surface area contributed by atoms with Gasteiger partial charge < -0.3 is 10.2 Å². The van der Waals surface area contributed by atoms with Gasteiger partial charge >= 0.3 is 0 Å². The fraction of sp³-hybridized carbons (Fsp3) is 0.588. The summed E-state index contributed by atoms with van der Waals surface area (Å²) in [5.74, 6) is -0.0453. The predicted octanol–water partition coefficient (Wildman–Crippen LogP) is 0.540. The van der Waals surface area contributed by atoms with Crippen molar-refractivity contribution in [3.05, 3.63) is 28.3 Å². The summed E-state index contributed by atoms with van der Waals surface area (Å²) in [7, 11) is -2.51. The molecule has 2 rings (SSSR count). The lowest BCUT2D eigenvalue weighted by atomic mass is 10.2. The zero-order chi connectivity index (χ0) is 20.9. The molecular weight excluding hydrogens is 386 g/mol. The molecule has 1 heterocycles. The van der Waals surface area contributed by atoms with Gasteiger partial charge in [0.2, 0.25) is 15.9 Å². The summed E-state index contributed by atoms with van der Waals surface area (Å²) in [6, 6.07) is 4.00. The SMILES string of the molecule is CNS(=O)(=O)c1ccc(N2CCCN(CC(=O)NC(C)C)CC2)c([N+](=O)[O-])c1. The maximum atomic E-state index is 12.0. The zero-order valence-corrected chi connectivity index (χ0v) is 17.2. The third-order valence-electron chi connectivity index (χ3n) is 4.47. The molecule has 1 aromatic rings. The minimum atomic E-state index is -3.77. The number of nitro groups is 1. The van der Waals surface area contributed by atoms with Crippen molar-refractivity contribution in [3.8, 4) is 0 Å². The first-order valence-corrected chi connectivity index (χ1v) is 10.6. The highest BCUT2D eigenvalue weighted by atomic mass is 32.2. The fourth-order valence-electron chi connectivity index (χ4n) is 3.14. The second-order valence-corrected chi connectivity index (χ2v) is 8.84. The van der Waals surface area contributed by atoms with E-state index in [1.54, 1.807) is 0 Å². The summed E-state index contributed by atoms with van der Waals surface area (Å²) < 4.78 is 26.1. The molecule has 28 heavy (non-hydrogen) atoms. The summed E-state index contributed by atoms with van der Waals surface area (Å²) >= 11 is 0. The average Bonchev–Trinajstić information content (AvgIpc) is 2.85. The van der Waals surface area contributed by atoms with Crippen molar-refractivity contribution in [3.63, 3.8) is 0 Å². The van der Waals surface area contributed by atoms with Crippen molar-refractivity contribution >= 4 is 27.3 Å². The Hall–Kier alpha value is -2.24. The van der Waals surface area contributed by atoms with Crippen molar-refractivity contribution in [2.75, 3.05) is 44.7 Å². The van der Waals surface area contributed by atoms with Crippen LogP contribution < -0.4 is 14.9 Å². The lowest BCUT2D eigenvalue weighted by Crippen LogP contribution is -2.41. The summed E-state index contributed by atoms with van der Waals surface area (Å²) in [5.41, 5.74) is 0.135. The number of anilines is 1. The Labute approximate surface area is 165 Å². The Kier molecular flexibility index (Phi) is 7.33. The molecule has 0 atom stereocenters. The highest BCUT2D eigenvalue weighted by Gasteiger charge is 2.25. The van der Waals surface area contributed by atoms with Crippen molar-refractivity contribution in [2.24, 2.45) is 0 Å². The van der Waals surface area contributed by atoms with Crippen molar-refractivity contribution < 1.29 is 18.1 Å². The van der Waals surface area contributed by atoms with Crippen LogP contribution in [0.2, 0.25) is 0 Å². The second kappa shape index (κ2) is 9.30. The molecule has 0 aliphatic carbocycles. The summed E-state index contributed by atoms with van der Waals surface area (Å²) in [6.45, 7) is 6.47. The molecule has 1 saturated heterocycles. The molecule has 0 saturated carbocycles. The van der Waals surface area contributed by atoms with Gasteiger partial charge in [-0.2, -0.15) is 0 Å². The Morgan fingerprint density at radius 2 is 1.96 bits per heavy atom. The Balaban J connectivity index is 2.17. The van der Waals surface area contributed by atoms with Crippen LogP contribution in [0.15, 0.2) is 23.1 Å². The number of benzene rings is 1. The Bertz CT molecular complexity index is 827. The minimum Gasteiger partial charge on any atom is -0.365 e. The summed E-state index contributed by atoms with van der Waals surface area (Å²) in [6.07, 6.45) is 0.739. The number of hydrogen-bond acceptors (Lipinski definition) is 7. The van der Waals surface area contributed by atoms with E-state index in [1.807, 2.05) is 23.6 Å². The van der Waals surface area contributed by atoms with Gasteiger partial charge in [0, 0.05) is 38.3 Å². The first-order chi connectivity index (χ1) is 13.1. The molecule has 156 valence electrons. The molecule has 1 aromatic carbocycles. The third kappa shape index (κ3) is 5.63. The van der Waals surface area contributed by atoms with Crippen LogP contribution in [0.1, 0.15) is 20.3 Å². The quantitative estimate of drug-likeness (QED) is 0.494. The van der Waals surface area contributed by atoms with Crippen LogP contribution in [0, 0.1) is 10.1 Å². The Morgan fingerprint density at radius 3 is 2.57 bits per heavy atom. The number of nitrogens with one attached hydrogen (secondary N) is 2. The second-order valence-electron chi connectivity index (χ2n) is 6.95. The number of nitrogens with zero attached hydrogens (tertiary/aromatic N) is 3. The van der Waals surface area contributed by atoms with E-state index in [-0.39, 0.29) is 29.1 Å². The molecule has 1 fully saturated rings. The molecule has 0 bridgehead atoms. The van der Waals surface area contributed by atoms with Crippen LogP contribution in [0.25, 0.3) is 0 Å². The van der Waals surface area contributed by atoms with Gasteiger partial charge in [-0.15, -0.1) is 0 Å². The Morgan fingerprint density at radius 1 is 1.25 bits per heavy atom. The number of sulfonamides is 1.